The maximum atomic E-state index is 5.54. The number of ether oxygens (including phenoxy) is 2. The molecule has 0 amide bonds. The molecule has 2 aromatic carbocycles. The Morgan fingerprint density at radius 2 is 1.63 bits per heavy atom. The molecular formula is C23H26N2O2. The van der Waals surface area contributed by atoms with E-state index in [1.807, 2.05) is 6.07 Å². The first-order chi connectivity index (χ1) is 13.3. The standard InChI is InChI=1S/C23H26N2O2/c1-26-20-14-19(15-21(16-20)27-2)23-22-10-6-11-24(22)12-7-13-25(23)17-18-8-4-3-5-9-18/h3-6,8-11,14-16,23H,7,12-13,17H2,1-2H3. The van der Waals surface area contributed by atoms with Crippen LogP contribution in [0, 0.1) is 0 Å². The third kappa shape index (κ3) is 3.71. The first kappa shape index (κ1) is 17.7. The second-order valence-electron chi connectivity index (χ2n) is 6.98. The summed E-state index contributed by atoms with van der Waals surface area (Å²) in [5, 5.41) is 0. The van der Waals surface area contributed by atoms with Gasteiger partial charge < -0.3 is 14.0 Å². The third-order valence-corrected chi connectivity index (χ3v) is 5.27. The van der Waals surface area contributed by atoms with Crippen LogP contribution in [0.25, 0.3) is 0 Å². The fourth-order valence-electron chi connectivity index (χ4n) is 4.00. The van der Waals surface area contributed by atoms with Gasteiger partial charge in [0.25, 0.3) is 0 Å². The number of benzene rings is 2. The lowest BCUT2D eigenvalue weighted by atomic mass is 10.00. The molecule has 0 aliphatic carbocycles. The van der Waals surface area contributed by atoms with Crippen LogP contribution >= 0.6 is 0 Å². The molecule has 3 aromatic rings. The van der Waals surface area contributed by atoms with Crippen LogP contribution in [0.5, 0.6) is 11.5 Å². The summed E-state index contributed by atoms with van der Waals surface area (Å²) >= 11 is 0. The highest BCUT2D eigenvalue weighted by Crippen LogP contribution is 2.36. The molecule has 0 spiro atoms. The van der Waals surface area contributed by atoms with Crippen LogP contribution < -0.4 is 9.47 Å². The molecular weight excluding hydrogens is 336 g/mol. The Labute approximate surface area is 161 Å². The second kappa shape index (κ2) is 7.89. The average Bonchev–Trinajstić information content (AvgIpc) is 3.09. The van der Waals surface area contributed by atoms with Gasteiger partial charge in [-0.3, -0.25) is 4.90 Å². The van der Waals surface area contributed by atoms with Gasteiger partial charge in [0, 0.05) is 37.6 Å². The van der Waals surface area contributed by atoms with Gasteiger partial charge in [0.15, 0.2) is 0 Å². The number of hydrogen-bond donors (Lipinski definition) is 0. The molecule has 0 saturated heterocycles. The SMILES string of the molecule is COc1cc(OC)cc(C2c3cccn3CCCN2Cc2ccccc2)c1. The van der Waals surface area contributed by atoms with Gasteiger partial charge in [0.05, 0.1) is 20.3 Å². The highest BCUT2D eigenvalue weighted by atomic mass is 16.5. The van der Waals surface area contributed by atoms with Crippen molar-refractivity contribution in [3.05, 3.63) is 83.7 Å². The van der Waals surface area contributed by atoms with Crippen molar-refractivity contribution < 1.29 is 9.47 Å². The molecule has 1 aliphatic rings. The van der Waals surface area contributed by atoms with Gasteiger partial charge in [-0.1, -0.05) is 30.3 Å². The molecule has 0 bridgehead atoms. The van der Waals surface area contributed by atoms with E-state index in [1.165, 1.54) is 16.8 Å². The molecule has 0 saturated carbocycles. The van der Waals surface area contributed by atoms with Crippen molar-refractivity contribution in [2.75, 3.05) is 20.8 Å². The minimum absolute atomic E-state index is 0.159. The number of nitrogens with zero attached hydrogens (tertiary/aromatic N) is 2. The maximum Gasteiger partial charge on any atom is 0.122 e. The average molecular weight is 362 g/mol. The Morgan fingerprint density at radius 3 is 2.33 bits per heavy atom. The monoisotopic (exact) mass is 362 g/mol. The lowest BCUT2D eigenvalue weighted by molar-refractivity contribution is 0.219. The van der Waals surface area contributed by atoms with Gasteiger partial charge >= 0.3 is 0 Å². The number of methoxy groups -OCH3 is 2. The largest absolute Gasteiger partial charge is 0.497 e. The molecule has 0 fully saturated rings. The first-order valence-electron chi connectivity index (χ1n) is 9.44. The summed E-state index contributed by atoms with van der Waals surface area (Å²) in [4.78, 5) is 2.56. The lowest BCUT2D eigenvalue weighted by Crippen LogP contribution is -2.29. The minimum atomic E-state index is 0.159. The van der Waals surface area contributed by atoms with Gasteiger partial charge in [0.2, 0.25) is 0 Å². The molecule has 1 aromatic heterocycles. The number of aromatic nitrogens is 1. The van der Waals surface area contributed by atoms with E-state index in [1.54, 1.807) is 14.2 Å². The molecule has 4 heteroatoms. The second-order valence-corrected chi connectivity index (χ2v) is 6.98. The predicted octanol–water partition coefficient (Wildman–Crippen LogP) is 4.50. The zero-order chi connectivity index (χ0) is 18.6. The van der Waals surface area contributed by atoms with E-state index in [2.05, 4.69) is 70.3 Å². The van der Waals surface area contributed by atoms with Crippen molar-refractivity contribution in [1.82, 2.24) is 9.47 Å². The normalized spacial score (nSPS) is 17.2. The van der Waals surface area contributed by atoms with Crippen LogP contribution in [-0.4, -0.2) is 30.2 Å². The van der Waals surface area contributed by atoms with E-state index in [-0.39, 0.29) is 6.04 Å². The smallest absolute Gasteiger partial charge is 0.122 e. The Morgan fingerprint density at radius 1 is 0.889 bits per heavy atom. The van der Waals surface area contributed by atoms with Crippen LogP contribution in [0.15, 0.2) is 66.9 Å². The zero-order valence-electron chi connectivity index (χ0n) is 16.0. The molecule has 4 nitrogen and oxygen atoms in total. The molecule has 2 heterocycles. The van der Waals surface area contributed by atoms with Crippen molar-refractivity contribution in [1.29, 1.82) is 0 Å². The molecule has 140 valence electrons. The number of fused-ring (bicyclic) bond motifs is 1. The Bertz CT molecular complexity index is 866. The van der Waals surface area contributed by atoms with Gasteiger partial charge in [-0.25, -0.2) is 0 Å². The molecule has 27 heavy (non-hydrogen) atoms. The van der Waals surface area contributed by atoms with Crippen molar-refractivity contribution in [2.45, 2.75) is 25.6 Å². The van der Waals surface area contributed by atoms with Crippen molar-refractivity contribution >= 4 is 0 Å². The third-order valence-electron chi connectivity index (χ3n) is 5.27. The van der Waals surface area contributed by atoms with Crippen LogP contribution in [0.3, 0.4) is 0 Å². The highest BCUT2D eigenvalue weighted by molar-refractivity contribution is 5.42. The summed E-state index contributed by atoms with van der Waals surface area (Å²) in [7, 11) is 3.41. The van der Waals surface area contributed by atoms with E-state index >= 15 is 0 Å². The van der Waals surface area contributed by atoms with E-state index < -0.39 is 0 Å². The fourth-order valence-corrected chi connectivity index (χ4v) is 4.00. The topological polar surface area (TPSA) is 26.6 Å². The molecule has 0 radical (unpaired) electrons. The fraction of sp³-hybridized carbons (Fsp3) is 0.304. The van der Waals surface area contributed by atoms with Gasteiger partial charge in [-0.05, 0) is 41.8 Å². The lowest BCUT2D eigenvalue weighted by Gasteiger charge is -2.31. The number of hydrogen-bond acceptors (Lipinski definition) is 3. The van der Waals surface area contributed by atoms with Crippen LogP contribution in [0.2, 0.25) is 0 Å². The minimum Gasteiger partial charge on any atom is -0.497 e. The van der Waals surface area contributed by atoms with Gasteiger partial charge in [-0.2, -0.15) is 0 Å². The number of aryl methyl sites for hydroxylation is 1. The van der Waals surface area contributed by atoms with Gasteiger partial charge in [0.1, 0.15) is 11.5 Å². The van der Waals surface area contributed by atoms with Crippen LogP contribution in [-0.2, 0) is 13.1 Å². The Hall–Kier alpha value is -2.72. The van der Waals surface area contributed by atoms with E-state index in [9.17, 15) is 0 Å². The summed E-state index contributed by atoms with van der Waals surface area (Å²) in [6.45, 7) is 3.00. The van der Waals surface area contributed by atoms with E-state index in [0.717, 1.165) is 37.6 Å². The van der Waals surface area contributed by atoms with Crippen LogP contribution in [0.1, 0.15) is 29.3 Å². The quantitative estimate of drug-likeness (QED) is 0.668. The number of rotatable bonds is 5. The van der Waals surface area contributed by atoms with Crippen molar-refractivity contribution in [3.8, 4) is 11.5 Å². The Balaban J connectivity index is 1.79. The first-order valence-corrected chi connectivity index (χ1v) is 9.44. The molecule has 1 aliphatic heterocycles. The predicted molar refractivity (Wildman–Crippen MR) is 107 cm³/mol. The molecule has 4 rings (SSSR count). The van der Waals surface area contributed by atoms with Gasteiger partial charge in [-0.15, -0.1) is 0 Å². The highest BCUT2D eigenvalue weighted by Gasteiger charge is 2.28. The summed E-state index contributed by atoms with van der Waals surface area (Å²) in [6.07, 6.45) is 3.32. The van der Waals surface area contributed by atoms with Crippen LogP contribution in [0.4, 0.5) is 0 Å². The van der Waals surface area contributed by atoms with E-state index in [4.69, 9.17) is 9.47 Å². The molecule has 0 N–H and O–H groups in total. The Kier molecular flexibility index (Phi) is 5.16. The summed E-state index contributed by atoms with van der Waals surface area (Å²) in [5.41, 5.74) is 3.85. The summed E-state index contributed by atoms with van der Waals surface area (Å²) in [5.74, 6) is 1.65. The van der Waals surface area contributed by atoms with Crippen molar-refractivity contribution in [2.24, 2.45) is 0 Å². The summed E-state index contributed by atoms with van der Waals surface area (Å²) < 4.78 is 13.5. The molecule has 1 unspecified atom stereocenters. The molecule has 1 atom stereocenters. The van der Waals surface area contributed by atoms with E-state index in [0.29, 0.717) is 0 Å². The van der Waals surface area contributed by atoms with Crippen molar-refractivity contribution in [3.63, 3.8) is 0 Å². The summed E-state index contributed by atoms with van der Waals surface area (Å²) in [6, 6.07) is 21.4. The zero-order valence-corrected chi connectivity index (χ0v) is 16.0. The maximum absolute atomic E-state index is 5.54.